The molecule has 1 saturated carbocycles. The summed E-state index contributed by atoms with van der Waals surface area (Å²) in [4.78, 5) is 0. The summed E-state index contributed by atoms with van der Waals surface area (Å²) in [5.74, 6) is 2.63. The van der Waals surface area contributed by atoms with Gasteiger partial charge in [0.2, 0.25) is 0 Å². The normalized spacial score (nSPS) is 23.9. The number of halogens is 1. The summed E-state index contributed by atoms with van der Waals surface area (Å²) in [7, 11) is 0. The molecular weight excluding hydrogens is 252 g/mol. The molecule has 0 N–H and O–H groups in total. The third-order valence-corrected chi connectivity index (χ3v) is 3.73. The van der Waals surface area contributed by atoms with Crippen LogP contribution in [0.15, 0.2) is 24.3 Å². The summed E-state index contributed by atoms with van der Waals surface area (Å²) in [5, 5.41) is 1.13. The molecule has 2 rings (SSSR count). The average molecular weight is 269 g/mol. The predicted octanol–water partition coefficient (Wildman–Crippen LogP) is 3.97. The van der Waals surface area contributed by atoms with E-state index in [9.17, 15) is 0 Å². The van der Waals surface area contributed by atoms with Gasteiger partial charge in [0.1, 0.15) is 5.75 Å². The number of hydrogen-bond donors (Lipinski definition) is 0. The van der Waals surface area contributed by atoms with Crippen molar-refractivity contribution in [1.29, 1.82) is 0 Å². The summed E-state index contributed by atoms with van der Waals surface area (Å²) in [6.07, 6.45) is 2.40. The summed E-state index contributed by atoms with van der Waals surface area (Å²) >= 11 is 3.54. The van der Waals surface area contributed by atoms with E-state index in [2.05, 4.69) is 47.1 Å². The van der Waals surface area contributed by atoms with Crippen LogP contribution < -0.4 is 4.74 Å². The lowest BCUT2D eigenvalue weighted by molar-refractivity contribution is 0.317. The zero-order valence-corrected chi connectivity index (χ0v) is 10.7. The van der Waals surface area contributed by atoms with E-state index in [1.165, 1.54) is 12.0 Å². The fraction of sp³-hybridized carbons (Fsp3) is 0.538. The van der Waals surface area contributed by atoms with E-state index in [1.54, 1.807) is 0 Å². The Bertz CT molecular complexity index is 307. The summed E-state index contributed by atoms with van der Waals surface area (Å²) < 4.78 is 5.55. The molecule has 1 nitrogen and oxygen atoms in total. The van der Waals surface area contributed by atoms with Gasteiger partial charge in [-0.15, -0.1) is 0 Å². The van der Waals surface area contributed by atoms with E-state index < -0.39 is 0 Å². The molecule has 0 aromatic heterocycles. The lowest BCUT2D eigenvalue weighted by Gasteiger charge is -2.05. The van der Waals surface area contributed by atoms with Gasteiger partial charge >= 0.3 is 0 Å². The lowest BCUT2D eigenvalue weighted by Crippen LogP contribution is -1.94. The van der Waals surface area contributed by atoms with Crippen molar-refractivity contribution in [2.24, 2.45) is 5.92 Å². The van der Waals surface area contributed by atoms with Crippen LogP contribution in [0.25, 0.3) is 0 Å². The minimum atomic E-state index is 0.782. The monoisotopic (exact) mass is 268 g/mol. The molecule has 2 atom stereocenters. The van der Waals surface area contributed by atoms with Crippen molar-refractivity contribution in [3.63, 3.8) is 0 Å². The Balaban J connectivity index is 1.93. The van der Waals surface area contributed by atoms with Crippen LogP contribution in [-0.2, 0) is 0 Å². The molecule has 0 heterocycles. The quantitative estimate of drug-likeness (QED) is 0.735. The second-order valence-corrected chi connectivity index (χ2v) is 4.82. The maximum atomic E-state index is 5.55. The molecule has 1 aliphatic carbocycles. The van der Waals surface area contributed by atoms with E-state index in [1.807, 2.05) is 0 Å². The van der Waals surface area contributed by atoms with Crippen LogP contribution in [-0.4, -0.2) is 11.9 Å². The molecular formula is C13H17BrO. The molecule has 0 aliphatic heterocycles. The third-order valence-electron chi connectivity index (χ3n) is 2.90. The molecule has 0 spiro atoms. The molecule has 0 bridgehead atoms. The molecule has 1 aromatic rings. The minimum Gasteiger partial charge on any atom is -0.494 e. The number of alkyl halides is 1. The van der Waals surface area contributed by atoms with Crippen LogP contribution in [0.1, 0.15) is 31.2 Å². The fourth-order valence-electron chi connectivity index (χ4n) is 1.86. The summed E-state index contributed by atoms with van der Waals surface area (Å²) in [5.41, 5.74) is 1.46. The molecule has 0 amide bonds. The Morgan fingerprint density at radius 3 is 2.60 bits per heavy atom. The van der Waals surface area contributed by atoms with Gasteiger partial charge < -0.3 is 4.74 Å². The van der Waals surface area contributed by atoms with Crippen LogP contribution in [0.2, 0.25) is 0 Å². The first kappa shape index (κ1) is 11.0. The van der Waals surface area contributed by atoms with Gasteiger partial charge in [-0.2, -0.15) is 0 Å². The van der Waals surface area contributed by atoms with Crippen molar-refractivity contribution in [2.45, 2.75) is 25.7 Å². The molecule has 15 heavy (non-hydrogen) atoms. The molecule has 2 heteroatoms. The number of ether oxygens (including phenoxy) is 1. The molecule has 2 unspecified atom stereocenters. The molecule has 0 radical (unpaired) electrons. The van der Waals surface area contributed by atoms with Crippen molar-refractivity contribution in [3.8, 4) is 5.75 Å². The van der Waals surface area contributed by atoms with E-state index in [0.717, 1.165) is 35.9 Å². The van der Waals surface area contributed by atoms with Crippen molar-refractivity contribution < 1.29 is 4.74 Å². The van der Waals surface area contributed by atoms with Gasteiger partial charge in [-0.1, -0.05) is 35.0 Å². The van der Waals surface area contributed by atoms with Gasteiger partial charge in [-0.3, -0.25) is 0 Å². The van der Waals surface area contributed by atoms with Gasteiger partial charge in [-0.25, -0.2) is 0 Å². The molecule has 82 valence electrons. The lowest BCUT2D eigenvalue weighted by atomic mass is 10.1. The average Bonchev–Trinajstić information content (AvgIpc) is 3.06. The van der Waals surface area contributed by atoms with Crippen molar-refractivity contribution in [2.75, 3.05) is 11.9 Å². The van der Waals surface area contributed by atoms with Crippen LogP contribution in [0.5, 0.6) is 5.75 Å². The van der Waals surface area contributed by atoms with Crippen molar-refractivity contribution in [1.82, 2.24) is 0 Å². The SMILES string of the molecule is CCCOc1ccc(C2CC2CBr)cc1. The largest absolute Gasteiger partial charge is 0.494 e. The number of hydrogen-bond acceptors (Lipinski definition) is 1. The van der Waals surface area contributed by atoms with Crippen LogP contribution in [0, 0.1) is 5.92 Å². The van der Waals surface area contributed by atoms with Crippen molar-refractivity contribution in [3.05, 3.63) is 29.8 Å². The highest BCUT2D eigenvalue weighted by Crippen LogP contribution is 2.48. The zero-order chi connectivity index (χ0) is 10.7. The van der Waals surface area contributed by atoms with Gasteiger partial charge in [0.25, 0.3) is 0 Å². The highest BCUT2D eigenvalue weighted by atomic mass is 79.9. The highest BCUT2D eigenvalue weighted by Gasteiger charge is 2.36. The Labute approximate surface area is 100.0 Å². The van der Waals surface area contributed by atoms with E-state index in [-0.39, 0.29) is 0 Å². The van der Waals surface area contributed by atoms with E-state index in [0.29, 0.717) is 0 Å². The number of benzene rings is 1. The Hall–Kier alpha value is -0.500. The fourth-order valence-corrected chi connectivity index (χ4v) is 2.57. The summed E-state index contributed by atoms with van der Waals surface area (Å²) in [6.45, 7) is 2.94. The number of rotatable bonds is 5. The first-order chi connectivity index (χ1) is 7.35. The molecule has 1 aliphatic rings. The van der Waals surface area contributed by atoms with Gasteiger partial charge in [-0.05, 0) is 42.4 Å². The standard InChI is InChI=1S/C13H17BrO/c1-2-7-15-12-5-3-10(4-6-12)13-8-11(13)9-14/h3-6,11,13H,2,7-9H2,1H3. The Morgan fingerprint density at radius 2 is 2.07 bits per heavy atom. The van der Waals surface area contributed by atoms with E-state index >= 15 is 0 Å². The highest BCUT2D eigenvalue weighted by molar-refractivity contribution is 9.09. The van der Waals surface area contributed by atoms with Gasteiger partial charge in [0.05, 0.1) is 6.61 Å². The smallest absolute Gasteiger partial charge is 0.119 e. The first-order valence-corrected chi connectivity index (χ1v) is 6.76. The van der Waals surface area contributed by atoms with Crippen LogP contribution >= 0.6 is 15.9 Å². The van der Waals surface area contributed by atoms with Gasteiger partial charge in [0.15, 0.2) is 0 Å². The molecule has 0 saturated heterocycles. The summed E-state index contributed by atoms with van der Waals surface area (Å²) in [6, 6.07) is 8.60. The molecule has 1 fully saturated rings. The second kappa shape index (κ2) is 5.02. The van der Waals surface area contributed by atoms with Gasteiger partial charge in [0, 0.05) is 5.33 Å². The first-order valence-electron chi connectivity index (χ1n) is 5.64. The zero-order valence-electron chi connectivity index (χ0n) is 9.08. The Kier molecular flexibility index (Phi) is 3.68. The van der Waals surface area contributed by atoms with Crippen LogP contribution in [0.3, 0.4) is 0 Å². The minimum absolute atomic E-state index is 0.782. The third kappa shape index (κ3) is 2.75. The maximum Gasteiger partial charge on any atom is 0.119 e. The van der Waals surface area contributed by atoms with Crippen molar-refractivity contribution >= 4 is 15.9 Å². The van der Waals surface area contributed by atoms with Crippen LogP contribution in [0.4, 0.5) is 0 Å². The Morgan fingerprint density at radius 1 is 1.33 bits per heavy atom. The predicted molar refractivity (Wildman–Crippen MR) is 66.9 cm³/mol. The topological polar surface area (TPSA) is 9.23 Å². The molecule has 1 aromatic carbocycles. The van der Waals surface area contributed by atoms with E-state index in [4.69, 9.17) is 4.74 Å². The second-order valence-electron chi connectivity index (χ2n) is 4.17. The maximum absolute atomic E-state index is 5.55.